The lowest BCUT2D eigenvalue weighted by molar-refractivity contribution is 1.03. The Morgan fingerprint density at radius 2 is 2.00 bits per heavy atom. The van der Waals surface area contributed by atoms with E-state index < -0.39 is 0 Å². The van der Waals surface area contributed by atoms with Crippen LogP contribution in [0.3, 0.4) is 0 Å². The molecule has 4 nitrogen and oxygen atoms in total. The summed E-state index contributed by atoms with van der Waals surface area (Å²) in [5.41, 5.74) is 5.00. The van der Waals surface area contributed by atoms with E-state index in [1.807, 2.05) is 25.1 Å². The van der Waals surface area contributed by atoms with Crippen LogP contribution in [0.25, 0.3) is 0 Å². The van der Waals surface area contributed by atoms with E-state index in [-0.39, 0.29) is 0 Å². The Balaban J connectivity index is 1.97. The van der Waals surface area contributed by atoms with Crippen molar-refractivity contribution in [2.75, 3.05) is 5.32 Å². The van der Waals surface area contributed by atoms with E-state index in [4.69, 9.17) is 35.4 Å². The van der Waals surface area contributed by atoms with Crippen LogP contribution in [0, 0.1) is 0 Å². The van der Waals surface area contributed by atoms with Gasteiger partial charge in [0.25, 0.3) is 0 Å². The van der Waals surface area contributed by atoms with E-state index in [0.717, 1.165) is 17.1 Å². The third kappa shape index (κ3) is 4.67. The molecule has 1 aromatic heterocycles. The maximum absolute atomic E-state index is 5.93. The van der Waals surface area contributed by atoms with Crippen molar-refractivity contribution in [2.24, 2.45) is 5.10 Å². The van der Waals surface area contributed by atoms with Crippen molar-refractivity contribution < 1.29 is 0 Å². The van der Waals surface area contributed by atoms with Gasteiger partial charge in [-0.2, -0.15) is 5.10 Å². The minimum Gasteiger partial charge on any atom is -0.331 e. The van der Waals surface area contributed by atoms with Gasteiger partial charge in [0.15, 0.2) is 5.11 Å². The molecule has 2 N–H and O–H groups in total. The molecule has 0 unspecified atom stereocenters. The first kappa shape index (κ1) is 15.7. The molecular weight excluding hydrogens is 327 g/mol. The van der Waals surface area contributed by atoms with Gasteiger partial charge in [0.05, 0.1) is 21.5 Å². The second-order valence-electron chi connectivity index (χ2n) is 4.11. The third-order valence-electron chi connectivity index (χ3n) is 2.54. The van der Waals surface area contributed by atoms with Gasteiger partial charge < -0.3 is 5.32 Å². The number of aromatic nitrogens is 1. The van der Waals surface area contributed by atoms with Crippen LogP contribution < -0.4 is 10.7 Å². The maximum Gasteiger partial charge on any atom is 0.191 e. The van der Waals surface area contributed by atoms with Crippen molar-refractivity contribution in [3.8, 4) is 0 Å². The van der Waals surface area contributed by atoms with Crippen molar-refractivity contribution in [1.82, 2.24) is 10.4 Å². The molecule has 0 saturated carbocycles. The van der Waals surface area contributed by atoms with Crippen LogP contribution in [0.1, 0.15) is 12.6 Å². The fraction of sp³-hybridized carbons (Fsp3) is 0.0714. The molecule has 0 atom stereocenters. The Bertz CT molecular complexity index is 674. The van der Waals surface area contributed by atoms with E-state index in [9.17, 15) is 0 Å². The van der Waals surface area contributed by atoms with Gasteiger partial charge in [0.2, 0.25) is 0 Å². The molecule has 2 rings (SSSR count). The standard InChI is InChI=1S/C14H12Cl2N4S/c1-9(13-4-2-3-7-17-13)19-20-14(21)18-10-5-6-11(15)12(16)8-10/h2-8H,1H3,(H2,18,20,21)/b19-9+. The summed E-state index contributed by atoms with van der Waals surface area (Å²) in [6, 6.07) is 10.8. The molecule has 0 bridgehead atoms. The number of rotatable bonds is 3. The van der Waals surface area contributed by atoms with Crippen molar-refractivity contribution in [1.29, 1.82) is 0 Å². The number of hydrogen-bond donors (Lipinski definition) is 2. The van der Waals surface area contributed by atoms with Gasteiger partial charge in [-0.25, -0.2) is 0 Å². The zero-order chi connectivity index (χ0) is 15.2. The van der Waals surface area contributed by atoms with Gasteiger partial charge in [0.1, 0.15) is 0 Å². The lowest BCUT2D eigenvalue weighted by Gasteiger charge is -2.08. The van der Waals surface area contributed by atoms with E-state index in [1.165, 1.54) is 0 Å². The molecule has 0 radical (unpaired) electrons. The number of pyridine rings is 1. The predicted molar refractivity (Wildman–Crippen MR) is 92.3 cm³/mol. The van der Waals surface area contributed by atoms with Crippen LogP contribution in [0.4, 0.5) is 5.69 Å². The van der Waals surface area contributed by atoms with Crippen molar-refractivity contribution >= 4 is 51.9 Å². The first-order chi connectivity index (χ1) is 10.1. The SMILES string of the molecule is C/C(=N\NC(=S)Nc1ccc(Cl)c(Cl)c1)c1ccccn1. The van der Waals surface area contributed by atoms with E-state index in [2.05, 4.69) is 20.8 Å². The maximum atomic E-state index is 5.93. The summed E-state index contributed by atoms with van der Waals surface area (Å²) in [4.78, 5) is 4.20. The third-order valence-corrected chi connectivity index (χ3v) is 3.47. The number of thiocarbonyl (C=S) groups is 1. The number of nitrogens with zero attached hydrogens (tertiary/aromatic N) is 2. The van der Waals surface area contributed by atoms with E-state index in [0.29, 0.717) is 15.2 Å². The lowest BCUT2D eigenvalue weighted by atomic mass is 10.3. The van der Waals surface area contributed by atoms with Gasteiger partial charge in [-0.1, -0.05) is 29.3 Å². The quantitative estimate of drug-likeness (QED) is 0.502. The second-order valence-corrected chi connectivity index (χ2v) is 5.33. The molecular formula is C14H12Cl2N4S. The zero-order valence-corrected chi connectivity index (χ0v) is 13.4. The van der Waals surface area contributed by atoms with Gasteiger partial charge in [-0.3, -0.25) is 10.4 Å². The summed E-state index contributed by atoms with van der Waals surface area (Å²) in [6.45, 7) is 1.84. The topological polar surface area (TPSA) is 49.3 Å². The number of halogens is 2. The molecule has 1 heterocycles. The van der Waals surface area contributed by atoms with Crippen molar-refractivity contribution in [2.45, 2.75) is 6.92 Å². The molecule has 21 heavy (non-hydrogen) atoms. The Morgan fingerprint density at radius 3 is 2.67 bits per heavy atom. The first-order valence-corrected chi connectivity index (χ1v) is 7.20. The normalized spacial score (nSPS) is 11.1. The highest BCUT2D eigenvalue weighted by Gasteiger charge is 2.02. The molecule has 0 saturated heterocycles. The number of nitrogens with one attached hydrogen (secondary N) is 2. The van der Waals surface area contributed by atoms with Crippen LogP contribution in [-0.2, 0) is 0 Å². The second kappa shape index (κ2) is 7.36. The average molecular weight is 339 g/mol. The molecule has 108 valence electrons. The summed E-state index contributed by atoms with van der Waals surface area (Å²) in [7, 11) is 0. The van der Waals surface area contributed by atoms with E-state index in [1.54, 1.807) is 24.4 Å². The Morgan fingerprint density at radius 1 is 1.19 bits per heavy atom. The van der Waals surface area contributed by atoms with Crippen LogP contribution >= 0.6 is 35.4 Å². The Kier molecular flexibility index (Phi) is 5.50. The van der Waals surface area contributed by atoms with Crippen molar-refractivity contribution in [3.63, 3.8) is 0 Å². The molecule has 0 aliphatic carbocycles. The summed E-state index contributed by atoms with van der Waals surface area (Å²) in [5.74, 6) is 0. The van der Waals surface area contributed by atoms with Crippen LogP contribution in [0.5, 0.6) is 0 Å². The molecule has 0 fully saturated rings. The molecule has 0 amide bonds. The number of anilines is 1. The molecule has 0 aliphatic heterocycles. The summed E-state index contributed by atoms with van der Waals surface area (Å²) in [5, 5.41) is 8.44. The monoisotopic (exact) mass is 338 g/mol. The predicted octanol–water partition coefficient (Wildman–Crippen LogP) is 4.10. The zero-order valence-electron chi connectivity index (χ0n) is 11.1. The fourth-order valence-electron chi connectivity index (χ4n) is 1.50. The highest BCUT2D eigenvalue weighted by Crippen LogP contribution is 2.24. The van der Waals surface area contributed by atoms with E-state index >= 15 is 0 Å². The highest BCUT2D eigenvalue weighted by molar-refractivity contribution is 7.80. The highest BCUT2D eigenvalue weighted by atomic mass is 35.5. The largest absolute Gasteiger partial charge is 0.331 e. The Hall–Kier alpha value is -1.69. The summed E-state index contributed by atoms with van der Waals surface area (Å²) < 4.78 is 0. The molecule has 7 heteroatoms. The van der Waals surface area contributed by atoms with Gasteiger partial charge in [-0.05, 0) is 49.5 Å². The number of benzene rings is 1. The van der Waals surface area contributed by atoms with Gasteiger partial charge in [0, 0.05) is 11.9 Å². The number of hydrogen-bond acceptors (Lipinski definition) is 3. The summed E-state index contributed by atoms with van der Waals surface area (Å²) in [6.07, 6.45) is 1.71. The van der Waals surface area contributed by atoms with Crippen molar-refractivity contribution in [3.05, 3.63) is 58.3 Å². The molecule has 2 aromatic rings. The first-order valence-electron chi connectivity index (χ1n) is 6.04. The smallest absolute Gasteiger partial charge is 0.191 e. The summed E-state index contributed by atoms with van der Waals surface area (Å²) >= 11 is 16.9. The Labute approximate surface area is 138 Å². The molecule has 0 spiro atoms. The van der Waals surface area contributed by atoms with Gasteiger partial charge in [-0.15, -0.1) is 0 Å². The van der Waals surface area contributed by atoms with Crippen LogP contribution in [0.2, 0.25) is 10.0 Å². The minimum atomic E-state index is 0.351. The minimum absolute atomic E-state index is 0.351. The molecule has 1 aromatic carbocycles. The van der Waals surface area contributed by atoms with Gasteiger partial charge >= 0.3 is 0 Å². The number of hydrazone groups is 1. The lowest BCUT2D eigenvalue weighted by Crippen LogP contribution is -2.25. The molecule has 0 aliphatic rings. The van der Waals surface area contributed by atoms with Crippen LogP contribution in [-0.4, -0.2) is 15.8 Å². The average Bonchev–Trinajstić information content (AvgIpc) is 2.49. The van der Waals surface area contributed by atoms with Crippen LogP contribution in [0.15, 0.2) is 47.7 Å². The fourth-order valence-corrected chi connectivity index (χ4v) is 1.96.